The summed E-state index contributed by atoms with van der Waals surface area (Å²) in [6.45, 7) is 5.28. The molecule has 2 heterocycles. The molecule has 7 heteroatoms. The molecule has 0 unspecified atom stereocenters. The van der Waals surface area contributed by atoms with Crippen molar-refractivity contribution in [3.63, 3.8) is 0 Å². The lowest BCUT2D eigenvalue weighted by Gasteiger charge is -2.17. The molecular weight excluding hydrogens is 340 g/mol. The second kappa shape index (κ2) is 8.69. The summed E-state index contributed by atoms with van der Waals surface area (Å²) >= 11 is 0. The zero-order valence-corrected chi connectivity index (χ0v) is 15.4. The van der Waals surface area contributed by atoms with E-state index in [0.29, 0.717) is 13.1 Å². The van der Waals surface area contributed by atoms with Gasteiger partial charge in [0.15, 0.2) is 23.0 Å². The summed E-state index contributed by atoms with van der Waals surface area (Å²) in [5.74, 6) is 2.41. The predicted octanol–water partition coefficient (Wildman–Crippen LogP) is 3.24. The van der Waals surface area contributed by atoms with Crippen LogP contribution in [0.3, 0.4) is 0 Å². The lowest BCUT2D eigenvalue weighted by molar-refractivity contribution is 0.227. The van der Waals surface area contributed by atoms with E-state index in [1.165, 1.54) is 0 Å². The number of para-hydroxylation sites is 1. The van der Waals surface area contributed by atoms with Crippen LogP contribution in [0.1, 0.15) is 25.2 Å². The van der Waals surface area contributed by atoms with E-state index in [-0.39, 0.29) is 18.5 Å². The third-order valence-electron chi connectivity index (χ3n) is 3.62. The quantitative estimate of drug-likeness (QED) is 0.699. The minimum absolute atomic E-state index is 0. The summed E-state index contributed by atoms with van der Waals surface area (Å²) in [4.78, 5) is 0. The molecule has 0 aliphatic rings. The van der Waals surface area contributed by atoms with Crippen molar-refractivity contribution in [2.24, 2.45) is 0 Å². The third-order valence-corrected chi connectivity index (χ3v) is 3.62. The Labute approximate surface area is 153 Å². The lowest BCUT2D eigenvalue weighted by Crippen LogP contribution is -2.17. The standard InChI is InChI=1S/C18H22N4O2.ClH/c1-13(2)24-18-14(7-6-8-15(18)23-3)11-19-12-17-21-20-16-9-4-5-10-22(16)17;/h4-10,13,19H,11-12H2,1-3H3;1H. The van der Waals surface area contributed by atoms with Crippen LogP contribution in [0.5, 0.6) is 11.5 Å². The van der Waals surface area contributed by atoms with Crippen molar-refractivity contribution in [2.45, 2.75) is 33.0 Å². The number of halogens is 1. The monoisotopic (exact) mass is 362 g/mol. The SMILES string of the molecule is COc1cccc(CNCc2nnc3ccccn23)c1OC(C)C.Cl. The molecule has 0 saturated heterocycles. The van der Waals surface area contributed by atoms with Gasteiger partial charge in [-0.25, -0.2) is 0 Å². The Morgan fingerprint density at radius 1 is 1.08 bits per heavy atom. The zero-order valence-electron chi connectivity index (χ0n) is 14.6. The van der Waals surface area contributed by atoms with Crippen LogP contribution in [0.4, 0.5) is 0 Å². The molecule has 0 atom stereocenters. The van der Waals surface area contributed by atoms with Crippen LogP contribution in [-0.4, -0.2) is 27.8 Å². The number of nitrogens with zero attached hydrogens (tertiary/aromatic N) is 3. The molecule has 0 aliphatic carbocycles. The highest BCUT2D eigenvalue weighted by molar-refractivity contribution is 5.85. The smallest absolute Gasteiger partial charge is 0.166 e. The molecule has 0 spiro atoms. The minimum atomic E-state index is 0. The molecule has 0 aliphatic heterocycles. The Hall–Kier alpha value is -2.31. The number of ether oxygens (including phenoxy) is 2. The molecule has 0 bridgehead atoms. The maximum atomic E-state index is 5.93. The van der Waals surface area contributed by atoms with Crippen LogP contribution in [0.2, 0.25) is 0 Å². The van der Waals surface area contributed by atoms with E-state index in [9.17, 15) is 0 Å². The summed E-state index contributed by atoms with van der Waals surface area (Å²) in [5, 5.41) is 11.8. The van der Waals surface area contributed by atoms with Crippen molar-refractivity contribution < 1.29 is 9.47 Å². The number of methoxy groups -OCH3 is 1. The average molecular weight is 363 g/mol. The lowest BCUT2D eigenvalue weighted by atomic mass is 10.1. The Morgan fingerprint density at radius 2 is 1.92 bits per heavy atom. The summed E-state index contributed by atoms with van der Waals surface area (Å²) in [5.41, 5.74) is 1.90. The van der Waals surface area contributed by atoms with Gasteiger partial charge in [-0.15, -0.1) is 22.6 Å². The highest BCUT2D eigenvalue weighted by Gasteiger charge is 2.12. The Morgan fingerprint density at radius 3 is 2.68 bits per heavy atom. The number of aromatic nitrogens is 3. The van der Waals surface area contributed by atoms with Gasteiger partial charge >= 0.3 is 0 Å². The molecular formula is C18H23ClN4O2. The predicted molar refractivity (Wildman–Crippen MR) is 99.5 cm³/mol. The molecule has 1 N–H and O–H groups in total. The zero-order chi connectivity index (χ0) is 16.9. The summed E-state index contributed by atoms with van der Waals surface area (Å²) in [7, 11) is 1.65. The fraction of sp³-hybridized carbons (Fsp3) is 0.333. The van der Waals surface area contributed by atoms with E-state index in [2.05, 4.69) is 15.5 Å². The van der Waals surface area contributed by atoms with E-state index in [0.717, 1.165) is 28.5 Å². The topological polar surface area (TPSA) is 60.7 Å². The molecule has 0 fully saturated rings. The summed E-state index contributed by atoms with van der Waals surface area (Å²) in [6, 6.07) is 11.8. The van der Waals surface area contributed by atoms with Gasteiger partial charge in [0, 0.05) is 18.3 Å². The van der Waals surface area contributed by atoms with Gasteiger partial charge in [-0.2, -0.15) is 0 Å². The van der Waals surface area contributed by atoms with Crippen molar-refractivity contribution in [3.8, 4) is 11.5 Å². The normalized spacial score (nSPS) is 10.7. The highest BCUT2D eigenvalue weighted by atomic mass is 35.5. The largest absolute Gasteiger partial charge is 0.493 e. The summed E-state index contributed by atoms with van der Waals surface area (Å²) < 4.78 is 13.3. The van der Waals surface area contributed by atoms with Gasteiger partial charge in [0.1, 0.15) is 0 Å². The molecule has 0 saturated carbocycles. The number of rotatable bonds is 7. The van der Waals surface area contributed by atoms with Crippen molar-refractivity contribution in [3.05, 3.63) is 54.0 Å². The first-order chi connectivity index (χ1) is 11.7. The van der Waals surface area contributed by atoms with Crippen LogP contribution in [0.25, 0.3) is 5.65 Å². The molecule has 6 nitrogen and oxygen atoms in total. The molecule has 0 radical (unpaired) electrons. The van der Waals surface area contributed by atoms with E-state index in [1.54, 1.807) is 7.11 Å². The summed E-state index contributed by atoms with van der Waals surface area (Å²) in [6.07, 6.45) is 2.05. The number of hydrogen-bond donors (Lipinski definition) is 1. The van der Waals surface area contributed by atoms with Gasteiger partial charge in [-0.05, 0) is 32.0 Å². The first-order valence-corrected chi connectivity index (χ1v) is 8.01. The molecule has 3 rings (SSSR count). The molecule has 1 aromatic carbocycles. The maximum Gasteiger partial charge on any atom is 0.166 e. The van der Waals surface area contributed by atoms with Crippen LogP contribution < -0.4 is 14.8 Å². The van der Waals surface area contributed by atoms with Crippen LogP contribution >= 0.6 is 12.4 Å². The number of nitrogens with one attached hydrogen (secondary N) is 1. The van der Waals surface area contributed by atoms with Crippen molar-refractivity contribution >= 4 is 18.1 Å². The van der Waals surface area contributed by atoms with E-state index in [4.69, 9.17) is 9.47 Å². The first-order valence-electron chi connectivity index (χ1n) is 8.01. The Bertz CT molecular complexity index is 820. The van der Waals surface area contributed by atoms with Gasteiger partial charge in [-0.3, -0.25) is 4.40 Å². The first kappa shape index (κ1) is 19.0. The van der Waals surface area contributed by atoms with Crippen molar-refractivity contribution in [2.75, 3.05) is 7.11 Å². The second-order valence-corrected chi connectivity index (χ2v) is 5.76. The molecule has 0 amide bonds. The molecule has 25 heavy (non-hydrogen) atoms. The van der Waals surface area contributed by atoms with Gasteiger partial charge < -0.3 is 14.8 Å². The van der Waals surface area contributed by atoms with Gasteiger partial charge in [-0.1, -0.05) is 18.2 Å². The van der Waals surface area contributed by atoms with Crippen molar-refractivity contribution in [1.82, 2.24) is 19.9 Å². The minimum Gasteiger partial charge on any atom is -0.493 e. The number of hydrogen-bond acceptors (Lipinski definition) is 5. The molecule has 3 aromatic rings. The van der Waals surface area contributed by atoms with Gasteiger partial charge in [0.25, 0.3) is 0 Å². The third kappa shape index (κ3) is 4.41. The number of pyridine rings is 1. The van der Waals surface area contributed by atoms with Crippen LogP contribution in [-0.2, 0) is 13.1 Å². The van der Waals surface area contributed by atoms with Crippen molar-refractivity contribution in [1.29, 1.82) is 0 Å². The number of benzene rings is 1. The average Bonchev–Trinajstić information content (AvgIpc) is 2.99. The maximum absolute atomic E-state index is 5.93. The number of fused-ring (bicyclic) bond motifs is 1. The van der Waals surface area contributed by atoms with E-state index >= 15 is 0 Å². The molecule has 134 valence electrons. The van der Waals surface area contributed by atoms with Crippen LogP contribution in [0, 0.1) is 0 Å². The highest BCUT2D eigenvalue weighted by Crippen LogP contribution is 2.31. The Balaban J connectivity index is 0.00000225. The van der Waals surface area contributed by atoms with E-state index in [1.807, 2.05) is 60.8 Å². The fourth-order valence-electron chi connectivity index (χ4n) is 2.55. The fourth-order valence-corrected chi connectivity index (χ4v) is 2.55. The molecule has 2 aromatic heterocycles. The van der Waals surface area contributed by atoms with Gasteiger partial charge in [0.2, 0.25) is 0 Å². The Kier molecular flexibility index (Phi) is 6.61. The second-order valence-electron chi connectivity index (χ2n) is 5.76. The van der Waals surface area contributed by atoms with E-state index < -0.39 is 0 Å². The van der Waals surface area contributed by atoms with Gasteiger partial charge in [0.05, 0.1) is 19.8 Å². The van der Waals surface area contributed by atoms with Crippen LogP contribution in [0.15, 0.2) is 42.6 Å².